The number of nitrogens with zero attached hydrogens (tertiary/aromatic N) is 1. The molecule has 2 aromatic carbocycles. The fourth-order valence-electron chi connectivity index (χ4n) is 4.21. The molecule has 0 bridgehead atoms. The van der Waals surface area contributed by atoms with Gasteiger partial charge in [0.15, 0.2) is 0 Å². The number of carbonyl (C=O) groups is 1. The SMILES string of the molecule is CCNS(=O)(=O)c1sc2c(c1C(=O)OC)CCN(Cc1ccc(OC)c3ccccc13)C2. The highest BCUT2D eigenvalue weighted by atomic mass is 32.2. The lowest BCUT2D eigenvalue weighted by Crippen LogP contribution is -2.30. The number of methoxy groups -OCH3 is 2. The molecule has 0 saturated carbocycles. The Balaban J connectivity index is 1.67. The minimum absolute atomic E-state index is 0.0490. The number of hydrogen-bond acceptors (Lipinski definition) is 7. The number of sulfonamides is 1. The molecule has 1 aromatic heterocycles. The molecule has 0 radical (unpaired) electrons. The summed E-state index contributed by atoms with van der Waals surface area (Å²) in [6.07, 6.45) is 0.589. The highest BCUT2D eigenvalue weighted by Crippen LogP contribution is 2.37. The van der Waals surface area contributed by atoms with Crippen molar-refractivity contribution in [3.05, 3.63) is 58.0 Å². The molecule has 0 spiro atoms. The standard InChI is InChI=1S/C23H26N2O5S2/c1-4-24-32(27,28)23-21(22(26)30-3)18-11-12-25(14-20(18)31-23)13-15-9-10-19(29-2)17-8-6-5-7-16(15)17/h5-10,24H,4,11-14H2,1-3H3. The van der Waals surface area contributed by atoms with Crippen LogP contribution >= 0.6 is 11.3 Å². The first-order chi connectivity index (χ1) is 15.4. The zero-order valence-corrected chi connectivity index (χ0v) is 19.9. The molecule has 4 rings (SSSR count). The molecule has 9 heteroatoms. The summed E-state index contributed by atoms with van der Waals surface area (Å²) in [6, 6.07) is 12.2. The normalized spacial score (nSPS) is 14.3. The largest absolute Gasteiger partial charge is 0.496 e. The van der Waals surface area contributed by atoms with Crippen LogP contribution in [0, 0.1) is 0 Å². The fourth-order valence-corrected chi connectivity index (χ4v) is 7.22. The molecule has 1 aliphatic heterocycles. The number of benzene rings is 2. The van der Waals surface area contributed by atoms with Crippen molar-refractivity contribution in [3.63, 3.8) is 0 Å². The summed E-state index contributed by atoms with van der Waals surface area (Å²) in [6.45, 7) is 3.97. The molecule has 0 unspecified atom stereocenters. The maximum absolute atomic E-state index is 12.7. The lowest BCUT2D eigenvalue weighted by molar-refractivity contribution is 0.0595. The van der Waals surface area contributed by atoms with Gasteiger partial charge in [-0.05, 0) is 29.0 Å². The van der Waals surface area contributed by atoms with Crippen molar-refractivity contribution in [3.8, 4) is 5.75 Å². The Morgan fingerprint density at radius 2 is 1.91 bits per heavy atom. The van der Waals surface area contributed by atoms with Crippen LogP contribution < -0.4 is 9.46 Å². The summed E-state index contributed by atoms with van der Waals surface area (Å²) in [5.74, 6) is 0.234. The average Bonchev–Trinajstić information content (AvgIpc) is 3.18. The van der Waals surface area contributed by atoms with E-state index in [2.05, 4.69) is 21.8 Å². The lowest BCUT2D eigenvalue weighted by Gasteiger charge is -2.27. The van der Waals surface area contributed by atoms with Gasteiger partial charge in [0.1, 0.15) is 9.96 Å². The lowest BCUT2D eigenvalue weighted by atomic mass is 10.0. The van der Waals surface area contributed by atoms with Crippen LogP contribution in [-0.2, 0) is 34.3 Å². The molecule has 0 amide bonds. The van der Waals surface area contributed by atoms with Crippen LogP contribution in [0.2, 0.25) is 0 Å². The zero-order valence-electron chi connectivity index (χ0n) is 18.3. The van der Waals surface area contributed by atoms with Crippen molar-refractivity contribution in [2.24, 2.45) is 0 Å². The first-order valence-corrected chi connectivity index (χ1v) is 12.7. The minimum atomic E-state index is -3.77. The molecule has 0 fully saturated rings. The second kappa shape index (κ2) is 9.19. The molecule has 1 N–H and O–H groups in total. The Morgan fingerprint density at radius 1 is 1.16 bits per heavy atom. The third-order valence-corrected chi connectivity index (χ3v) is 8.94. The Bertz CT molecular complexity index is 1270. The van der Waals surface area contributed by atoms with Crippen LogP contribution in [0.25, 0.3) is 10.8 Å². The molecule has 3 aromatic rings. The maximum Gasteiger partial charge on any atom is 0.340 e. The van der Waals surface area contributed by atoms with Gasteiger partial charge in [0.25, 0.3) is 10.0 Å². The molecule has 0 saturated heterocycles. The van der Waals surface area contributed by atoms with E-state index in [-0.39, 0.29) is 16.3 Å². The summed E-state index contributed by atoms with van der Waals surface area (Å²) in [5, 5.41) is 2.20. The number of nitrogens with one attached hydrogen (secondary N) is 1. The molecular formula is C23H26N2O5S2. The second-order valence-corrected chi connectivity index (χ2v) is 10.7. The van der Waals surface area contributed by atoms with Gasteiger partial charge in [-0.2, -0.15) is 0 Å². The Hall–Kier alpha value is -2.46. The van der Waals surface area contributed by atoms with Gasteiger partial charge < -0.3 is 9.47 Å². The molecule has 0 atom stereocenters. The van der Waals surface area contributed by atoms with Gasteiger partial charge in [0.2, 0.25) is 0 Å². The molecular weight excluding hydrogens is 448 g/mol. The number of ether oxygens (including phenoxy) is 2. The van der Waals surface area contributed by atoms with Crippen molar-refractivity contribution >= 4 is 38.1 Å². The summed E-state index contributed by atoms with van der Waals surface area (Å²) < 4.78 is 38.4. The van der Waals surface area contributed by atoms with Crippen LogP contribution in [-0.4, -0.2) is 46.6 Å². The van der Waals surface area contributed by atoms with E-state index in [0.29, 0.717) is 19.5 Å². The Morgan fingerprint density at radius 3 is 2.59 bits per heavy atom. The molecule has 7 nitrogen and oxygen atoms in total. The van der Waals surface area contributed by atoms with Crippen molar-refractivity contribution in [1.29, 1.82) is 0 Å². The first-order valence-electron chi connectivity index (χ1n) is 10.4. The number of rotatable bonds is 7. The number of carbonyl (C=O) groups excluding carboxylic acids is 1. The van der Waals surface area contributed by atoms with Crippen LogP contribution in [0.5, 0.6) is 5.75 Å². The molecule has 170 valence electrons. The Kier molecular flexibility index (Phi) is 6.52. The smallest absolute Gasteiger partial charge is 0.340 e. The summed E-state index contributed by atoms with van der Waals surface area (Å²) in [7, 11) is -0.821. The summed E-state index contributed by atoms with van der Waals surface area (Å²) >= 11 is 1.16. The fraction of sp³-hybridized carbons (Fsp3) is 0.348. The van der Waals surface area contributed by atoms with Crippen LogP contribution in [0.1, 0.15) is 33.3 Å². The van der Waals surface area contributed by atoms with Crippen LogP contribution in [0.15, 0.2) is 40.6 Å². The summed E-state index contributed by atoms with van der Waals surface area (Å²) in [4.78, 5) is 15.6. The predicted molar refractivity (Wildman–Crippen MR) is 125 cm³/mol. The van der Waals surface area contributed by atoms with Crippen molar-refractivity contribution < 1.29 is 22.7 Å². The topological polar surface area (TPSA) is 84.9 Å². The average molecular weight is 475 g/mol. The monoisotopic (exact) mass is 474 g/mol. The third-order valence-electron chi connectivity index (χ3n) is 5.66. The third kappa shape index (κ3) is 4.13. The van der Waals surface area contributed by atoms with E-state index in [4.69, 9.17) is 9.47 Å². The van der Waals surface area contributed by atoms with Gasteiger partial charge in [0.05, 0.1) is 19.8 Å². The number of hydrogen-bond donors (Lipinski definition) is 1. The molecule has 1 aliphatic rings. The van der Waals surface area contributed by atoms with Gasteiger partial charge in [0, 0.05) is 36.4 Å². The highest BCUT2D eigenvalue weighted by molar-refractivity contribution is 7.91. The van der Waals surface area contributed by atoms with E-state index in [0.717, 1.165) is 44.8 Å². The minimum Gasteiger partial charge on any atom is -0.496 e. The van der Waals surface area contributed by atoms with Gasteiger partial charge in [-0.15, -0.1) is 11.3 Å². The molecule has 32 heavy (non-hydrogen) atoms. The first kappa shape index (κ1) is 22.7. The highest BCUT2D eigenvalue weighted by Gasteiger charge is 2.33. The van der Waals surface area contributed by atoms with Crippen molar-refractivity contribution in [2.45, 2.75) is 30.6 Å². The van der Waals surface area contributed by atoms with E-state index in [1.165, 1.54) is 12.7 Å². The summed E-state index contributed by atoms with van der Waals surface area (Å²) in [5.41, 5.74) is 2.15. The van der Waals surface area contributed by atoms with Gasteiger partial charge in [-0.3, -0.25) is 4.90 Å². The van der Waals surface area contributed by atoms with Crippen LogP contribution in [0.3, 0.4) is 0 Å². The number of thiophene rings is 1. The van der Waals surface area contributed by atoms with Gasteiger partial charge in [-0.1, -0.05) is 37.3 Å². The van der Waals surface area contributed by atoms with Gasteiger partial charge in [-0.25, -0.2) is 17.9 Å². The van der Waals surface area contributed by atoms with Crippen molar-refractivity contribution in [1.82, 2.24) is 9.62 Å². The maximum atomic E-state index is 12.7. The van der Waals surface area contributed by atoms with E-state index >= 15 is 0 Å². The Labute approximate surface area is 192 Å². The second-order valence-electron chi connectivity index (χ2n) is 7.59. The van der Waals surface area contributed by atoms with E-state index in [1.54, 1.807) is 14.0 Å². The number of esters is 1. The molecule has 2 heterocycles. The zero-order chi connectivity index (χ0) is 22.9. The van der Waals surface area contributed by atoms with E-state index in [1.807, 2.05) is 24.3 Å². The molecule has 0 aliphatic carbocycles. The van der Waals surface area contributed by atoms with Gasteiger partial charge >= 0.3 is 5.97 Å². The van der Waals surface area contributed by atoms with E-state index < -0.39 is 16.0 Å². The van der Waals surface area contributed by atoms with Crippen LogP contribution in [0.4, 0.5) is 0 Å². The van der Waals surface area contributed by atoms with Crippen molar-refractivity contribution in [2.75, 3.05) is 27.3 Å². The predicted octanol–water partition coefficient (Wildman–Crippen LogP) is 3.55. The number of fused-ring (bicyclic) bond motifs is 2. The quantitative estimate of drug-likeness (QED) is 0.527. The van der Waals surface area contributed by atoms with E-state index in [9.17, 15) is 13.2 Å².